The molecule has 0 radical (unpaired) electrons. The molecule has 1 aliphatic heterocycles. The molecule has 2 unspecified atom stereocenters. The van der Waals surface area contributed by atoms with Crippen LogP contribution in [0.5, 0.6) is 0 Å². The predicted octanol–water partition coefficient (Wildman–Crippen LogP) is -0.158. The summed E-state index contributed by atoms with van der Waals surface area (Å²) in [4.78, 5) is 0. The molecule has 1 saturated carbocycles. The summed E-state index contributed by atoms with van der Waals surface area (Å²) in [7, 11) is -3.37. The van der Waals surface area contributed by atoms with E-state index < -0.39 is 15.3 Å². The van der Waals surface area contributed by atoms with Gasteiger partial charge in [-0.3, -0.25) is 0 Å². The van der Waals surface area contributed by atoms with E-state index in [1.165, 1.54) is 12.8 Å². The van der Waals surface area contributed by atoms with Crippen molar-refractivity contribution in [3.05, 3.63) is 0 Å². The third kappa shape index (κ3) is 1.62. The molecule has 0 aromatic carbocycles. The van der Waals surface area contributed by atoms with E-state index in [9.17, 15) is 8.42 Å². The summed E-state index contributed by atoms with van der Waals surface area (Å²) in [6.45, 7) is 0.292. The molecule has 2 atom stereocenters. The summed E-state index contributed by atoms with van der Waals surface area (Å²) in [5, 5.41) is 4.56. The monoisotopic (exact) mass is 191 g/mol. The lowest BCUT2D eigenvalue weighted by Gasteiger charge is -2.05. The van der Waals surface area contributed by atoms with E-state index in [1.54, 1.807) is 0 Å². The van der Waals surface area contributed by atoms with Crippen molar-refractivity contribution in [2.24, 2.45) is 11.1 Å². The van der Waals surface area contributed by atoms with Crippen molar-refractivity contribution in [2.75, 3.05) is 6.61 Å². The van der Waals surface area contributed by atoms with Crippen LogP contribution in [0.25, 0.3) is 0 Å². The van der Waals surface area contributed by atoms with Crippen molar-refractivity contribution < 1.29 is 13.2 Å². The zero-order chi connectivity index (χ0) is 8.77. The second kappa shape index (κ2) is 2.68. The number of sulfonamides is 1. The minimum atomic E-state index is -3.37. The quantitative estimate of drug-likeness (QED) is 0.659. The maximum absolute atomic E-state index is 10.9. The molecule has 0 aromatic heterocycles. The molecule has 4 nitrogen and oxygen atoms in total. The van der Waals surface area contributed by atoms with Crippen molar-refractivity contribution in [3.8, 4) is 0 Å². The summed E-state index contributed by atoms with van der Waals surface area (Å²) in [6, 6.07) is 0. The van der Waals surface area contributed by atoms with Crippen LogP contribution in [0.4, 0.5) is 0 Å². The Bertz CT molecular complexity index is 270. The van der Waals surface area contributed by atoms with Crippen LogP contribution in [0.2, 0.25) is 0 Å². The van der Waals surface area contributed by atoms with E-state index in [0.717, 1.165) is 0 Å². The van der Waals surface area contributed by atoms with Crippen molar-refractivity contribution in [1.82, 2.24) is 0 Å². The summed E-state index contributed by atoms with van der Waals surface area (Å²) in [5.74, 6) is 0.608. The average Bonchev–Trinajstić information content (AvgIpc) is 2.66. The molecule has 0 spiro atoms. The molecule has 0 aromatic rings. The SMILES string of the molecule is NS(=O)(=O)C1COC(C2CC2)C1. The van der Waals surface area contributed by atoms with Gasteiger partial charge in [-0.2, -0.15) is 0 Å². The highest BCUT2D eigenvalue weighted by Gasteiger charge is 2.41. The van der Waals surface area contributed by atoms with E-state index in [0.29, 0.717) is 18.9 Å². The van der Waals surface area contributed by atoms with Crippen molar-refractivity contribution in [3.63, 3.8) is 0 Å². The van der Waals surface area contributed by atoms with Crippen molar-refractivity contribution in [1.29, 1.82) is 0 Å². The first-order valence-electron chi connectivity index (χ1n) is 4.20. The van der Waals surface area contributed by atoms with E-state index >= 15 is 0 Å². The maximum atomic E-state index is 10.9. The minimum absolute atomic E-state index is 0.160. The lowest BCUT2D eigenvalue weighted by atomic mass is 10.2. The van der Waals surface area contributed by atoms with Gasteiger partial charge in [0.25, 0.3) is 0 Å². The fourth-order valence-corrected chi connectivity index (χ4v) is 2.38. The van der Waals surface area contributed by atoms with Crippen LogP contribution in [0.15, 0.2) is 0 Å². The summed E-state index contributed by atoms with van der Waals surface area (Å²) < 4.78 is 27.2. The van der Waals surface area contributed by atoms with Gasteiger partial charge in [-0.1, -0.05) is 0 Å². The highest BCUT2D eigenvalue weighted by Crippen LogP contribution is 2.39. The second-order valence-corrected chi connectivity index (χ2v) is 5.50. The van der Waals surface area contributed by atoms with Crippen LogP contribution in [0, 0.1) is 5.92 Å². The van der Waals surface area contributed by atoms with Gasteiger partial charge in [0, 0.05) is 0 Å². The van der Waals surface area contributed by atoms with Gasteiger partial charge >= 0.3 is 0 Å². The topological polar surface area (TPSA) is 69.4 Å². The average molecular weight is 191 g/mol. The Morgan fingerprint density at radius 2 is 2.00 bits per heavy atom. The molecule has 12 heavy (non-hydrogen) atoms. The molecule has 2 fully saturated rings. The first-order chi connectivity index (χ1) is 5.57. The summed E-state index contributed by atoms with van der Waals surface area (Å²) in [6.07, 6.45) is 3.13. The van der Waals surface area contributed by atoms with Crippen LogP contribution < -0.4 is 5.14 Å². The van der Waals surface area contributed by atoms with Crippen LogP contribution in [-0.4, -0.2) is 26.4 Å². The fourth-order valence-electron chi connectivity index (χ4n) is 1.65. The van der Waals surface area contributed by atoms with Crippen LogP contribution >= 0.6 is 0 Å². The van der Waals surface area contributed by atoms with E-state index in [-0.39, 0.29) is 6.10 Å². The smallest absolute Gasteiger partial charge is 0.214 e. The molecular formula is C7H13NO3S. The number of nitrogens with two attached hydrogens (primary N) is 1. The number of hydrogen-bond donors (Lipinski definition) is 1. The highest BCUT2D eigenvalue weighted by atomic mass is 32.2. The third-order valence-corrected chi connectivity index (χ3v) is 3.86. The van der Waals surface area contributed by atoms with Crippen LogP contribution in [0.1, 0.15) is 19.3 Å². The largest absolute Gasteiger partial charge is 0.376 e. The molecule has 1 heterocycles. The number of hydrogen-bond acceptors (Lipinski definition) is 3. The van der Waals surface area contributed by atoms with Gasteiger partial charge in [0.1, 0.15) is 5.25 Å². The number of rotatable bonds is 2. The lowest BCUT2D eigenvalue weighted by molar-refractivity contribution is 0.0943. The Hall–Kier alpha value is -0.130. The number of ether oxygens (including phenoxy) is 1. The molecule has 2 aliphatic rings. The van der Waals surface area contributed by atoms with Gasteiger partial charge in [0.15, 0.2) is 0 Å². The molecule has 2 N–H and O–H groups in total. The van der Waals surface area contributed by atoms with Gasteiger partial charge in [0.05, 0.1) is 12.7 Å². The Labute approximate surface area is 72.1 Å². The van der Waals surface area contributed by atoms with Gasteiger partial charge in [-0.15, -0.1) is 0 Å². The summed E-state index contributed by atoms with van der Waals surface area (Å²) >= 11 is 0. The normalized spacial score (nSPS) is 37.1. The highest BCUT2D eigenvalue weighted by molar-refractivity contribution is 7.89. The Morgan fingerprint density at radius 3 is 2.42 bits per heavy atom. The molecule has 70 valence electrons. The molecule has 5 heteroatoms. The van der Waals surface area contributed by atoms with Crippen LogP contribution in [-0.2, 0) is 14.8 Å². The Kier molecular flexibility index (Phi) is 1.89. The molecule has 0 amide bonds. The van der Waals surface area contributed by atoms with Crippen molar-refractivity contribution in [2.45, 2.75) is 30.6 Å². The first kappa shape index (κ1) is 8.47. The van der Waals surface area contributed by atoms with E-state index in [2.05, 4.69) is 0 Å². The maximum Gasteiger partial charge on any atom is 0.214 e. The van der Waals surface area contributed by atoms with E-state index in [1.807, 2.05) is 0 Å². The van der Waals surface area contributed by atoms with E-state index in [4.69, 9.17) is 9.88 Å². The van der Waals surface area contributed by atoms with Gasteiger partial charge in [-0.05, 0) is 25.2 Å². The Balaban J connectivity index is 1.97. The molecule has 0 bridgehead atoms. The standard InChI is InChI=1S/C7H13NO3S/c8-12(9,10)6-3-7(11-4-6)5-1-2-5/h5-7H,1-4H2,(H2,8,9,10). The zero-order valence-corrected chi connectivity index (χ0v) is 7.59. The fraction of sp³-hybridized carbons (Fsp3) is 1.00. The van der Waals surface area contributed by atoms with Crippen molar-refractivity contribution >= 4 is 10.0 Å². The lowest BCUT2D eigenvalue weighted by Crippen LogP contribution is -2.28. The summed E-state index contributed by atoms with van der Waals surface area (Å²) in [5.41, 5.74) is 0. The second-order valence-electron chi connectivity index (χ2n) is 3.66. The zero-order valence-electron chi connectivity index (χ0n) is 6.77. The molecular weight excluding hydrogens is 178 g/mol. The predicted molar refractivity (Wildman–Crippen MR) is 44.0 cm³/mol. The Morgan fingerprint density at radius 1 is 1.33 bits per heavy atom. The van der Waals surface area contributed by atoms with Crippen LogP contribution in [0.3, 0.4) is 0 Å². The van der Waals surface area contributed by atoms with Gasteiger partial charge in [-0.25, -0.2) is 13.6 Å². The first-order valence-corrected chi connectivity index (χ1v) is 5.81. The van der Waals surface area contributed by atoms with Gasteiger partial charge < -0.3 is 4.74 Å². The third-order valence-electron chi connectivity index (χ3n) is 2.60. The van der Waals surface area contributed by atoms with Gasteiger partial charge in [0.2, 0.25) is 10.0 Å². The molecule has 1 aliphatic carbocycles. The molecule has 1 saturated heterocycles. The number of primary sulfonamides is 1. The molecule has 2 rings (SSSR count). The minimum Gasteiger partial charge on any atom is -0.376 e.